The van der Waals surface area contributed by atoms with Crippen molar-refractivity contribution < 1.29 is 22.7 Å². The van der Waals surface area contributed by atoms with E-state index < -0.39 is 28.5 Å². The maximum Gasteiger partial charge on any atom is 0.264 e. The summed E-state index contributed by atoms with van der Waals surface area (Å²) in [5.74, 6) is -0.530. The topological polar surface area (TPSA) is 96.0 Å². The van der Waals surface area contributed by atoms with Crippen LogP contribution in [0.3, 0.4) is 0 Å². The molecule has 0 aliphatic rings. The summed E-state index contributed by atoms with van der Waals surface area (Å²) in [4.78, 5) is 28.2. The molecule has 0 spiro atoms. The van der Waals surface area contributed by atoms with Crippen molar-refractivity contribution in [3.8, 4) is 5.75 Å². The first kappa shape index (κ1) is 28.7. The van der Waals surface area contributed by atoms with Crippen molar-refractivity contribution in [1.82, 2.24) is 10.2 Å². The number of nitrogens with zero attached hydrogens (tertiary/aromatic N) is 2. The molecule has 0 fully saturated rings. The summed E-state index contributed by atoms with van der Waals surface area (Å²) in [6, 6.07) is 19.9. The molecule has 0 saturated heterocycles. The van der Waals surface area contributed by atoms with E-state index in [2.05, 4.69) is 5.32 Å². The molecule has 1 N–H and O–H groups in total. The van der Waals surface area contributed by atoms with Crippen LogP contribution in [-0.2, 0) is 26.2 Å². The van der Waals surface area contributed by atoms with Crippen LogP contribution in [-0.4, -0.2) is 51.4 Å². The number of ether oxygens (including phenoxy) is 1. The fraction of sp³-hybridized carbons (Fsp3) is 0.310. The van der Waals surface area contributed by atoms with Gasteiger partial charge in [0.1, 0.15) is 18.3 Å². The van der Waals surface area contributed by atoms with E-state index in [4.69, 9.17) is 4.74 Å². The van der Waals surface area contributed by atoms with E-state index in [1.165, 1.54) is 24.1 Å². The lowest BCUT2D eigenvalue weighted by atomic mass is 10.1. The highest BCUT2D eigenvalue weighted by atomic mass is 32.2. The Labute approximate surface area is 225 Å². The summed E-state index contributed by atoms with van der Waals surface area (Å²) in [6.07, 6.45) is 0. The molecule has 2 amide bonds. The van der Waals surface area contributed by atoms with Crippen molar-refractivity contribution >= 4 is 27.5 Å². The van der Waals surface area contributed by atoms with Gasteiger partial charge in [0.25, 0.3) is 10.0 Å². The Morgan fingerprint density at radius 3 is 2.26 bits per heavy atom. The van der Waals surface area contributed by atoms with Gasteiger partial charge >= 0.3 is 0 Å². The van der Waals surface area contributed by atoms with Crippen LogP contribution >= 0.6 is 0 Å². The summed E-state index contributed by atoms with van der Waals surface area (Å²) in [7, 11) is -2.71. The van der Waals surface area contributed by atoms with Crippen LogP contribution in [0.1, 0.15) is 30.5 Å². The third-order valence-electron chi connectivity index (χ3n) is 6.17. The van der Waals surface area contributed by atoms with Gasteiger partial charge in [0.15, 0.2) is 0 Å². The Morgan fingerprint density at radius 2 is 1.63 bits per heavy atom. The van der Waals surface area contributed by atoms with Crippen molar-refractivity contribution in [2.75, 3.05) is 24.5 Å². The monoisotopic (exact) mass is 537 g/mol. The second-order valence-corrected chi connectivity index (χ2v) is 10.9. The molecule has 0 aliphatic carbocycles. The van der Waals surface area contributed by atoms with Crippen LogP contribution in [0, 0.1) is 13.8 Å². The van der Waals surface area contributed by atoms with Crippen molar-refractivity contribution in [2.45, 2.75) is 45.2 Å². The van der Waals surface area contributed by atoms with Gasteiger partial charge in [-0.05, 0) is 63.1 Å². The van der Waals surface area contributed by atoms with Gasteiger partial charge in [-0.2, -0.15) is 0 Å². The van der Waals surface area contributed by atoms with E-state index in [0.29, 0.717) is 12.3 Å². The molecule has 3 aromatic carbocycles. The summed E-state index contributed by atoms with van der Waals surface area (Å²) < 4.78 is 34.3. The molecule has 8 nitrogen and oxygen atoms in total. The number of benzene rings is 3. The number of rotatable bonds is 11. The molecule has 0 unspecified atom stereocenters. The fourth-order valence-corrected chi connectivity index (χ4v) is 5.58. The quantitative estimate of drug-likeness (QED) is 0.398. The molecular formula is C29H35N3O5S. The Kier molecular flexibility index (Phi) is 9.52. The van der Waals surface area contributed by atoms with E-state index >= 15 is 0 Å². The van der Waals surface area contributed by atoms with E-state index in [-0.39, 0.29) is 23.0 Å². The Balaban J connectivity index is 2.09. The molecule has 38 heavy (non-hydrogen) atoms. The Morgan fingerprint density at radius 1 is 0.947 bits per heavy atom. The molecule has 3 aromatic rings. The van der Waals surface area contributed by atoms with Crippen LogP contribution in [0.25, 0.3) is 0 Å². The van der Waals surface area contributed by atoms with E-state index in [1.54, 1.807) is 50.2 Å². The third-order valence-corrected chi connectivity index (χ3v) is 7.94. The normalized spacial score (nSPS) is 11.9. The summed E-state index contributed by atoms with van der Waals surface area (Å²) in [5, 5.41) is 2.76. The molecule has 0 heterocycles. The van der Waals surface area contributed by atoms with Crippen molar-refractivity contribution in [3.63, 3.8) is 0 Å². The minimum atomic E-state index is -4.16. The number of likely N-dealkylation sites (N-methyl/N-ethyl adjacent to an activating group) is 1. The zero-order valence-corrected chi connectivity index (χ0v) is 23.3. The summed E-state index contributed by atoms with van der Waals surface area (Å²) in [5.41, 5.74) is 2.89. The highest BCUT2D eigenvalue weighted by Crippen LogP contribution is 2.33. The molecule has 0 aliphatic heterocycles. The molecule has 0 saturated carbocycles. The molecule has 0 aromatic heterocycles. The predicted octanol–water partition coefficient (Wildman–Crippen LogP) is 4.06. The molecule has 0 radical (unpaired) electrons. The zero-order chi connectivity index (χ0) is 27.9. The van der Waals surface area contributed by atoms with E-state index in [0.717, 1.165) is 21.0 Å². The standard InChI is InChI=1S/C29H35N3O5S/c1-6-30-29(34)23(4)31(19-24-12-10-11-21(2)17-24)28(33)20-32(26-18-22(3)15-16-27(26)37-5)38(35,36)25-13-8-7-9-14-25/h7-18,23H,6,19-20H2,1-5H3,(H,30,34)/t23-/m1/s1. The number of hydrogen-bond acceptors (Lipinski definition) is 5. The molecular weight excluding hydrogens is 502 g/mol. The largest absolute Gasteiger partial charge is 0.495 e. The third kappa shape index (κ3) is 6.72. The Hall–Kier alpha value is -3.85. The molecule has 9 heteroatoms. The van der Waals surface area contributed by atoms with Crippen LogP contribution in [0.2, 0.25) is 0 Å². The van der Waals surface area contributed by atoms with Gasteiger partial charge in [-0.25, -0.2) is 8.42 Å². The maximum atomic E-state index is 13.9. The van der Waals surface area contributed by atoms with Gasteiger partial charge in [-0.1, -0.05) is 54.1 Å². The summed E-state index contributed by atoms with van der Waals surface area (Å²) >= 11 is 0. The maximum absolute atomic E-state index is 13.9. The van der Waals surface area contributed by atoms with Gasteiger partial charge in [-0.3, -0.25) is 13.9 Å². The van der Waals surface area contributed by atoms with Crippen LogP contribution in [0.4, 0.5) is 5.69 Å². The first-order chi connectivity index (χ1) is 18.1. The van der Waals surface area contributed by atoms with Crippen LogP contribution in [0.5, 0.6) is 5.75 Å². The van der Waals surface area contributed by atoms with E-state index in [1.807, 2.05) is 38.1 Å². The molecule has 202 valence electrons. The van der Waals surface area contributed by atoms with Crippen molar-refractivity contribution in [3.05, 3.63) is 89.5 Å². The average molecular weight is 538 g/mol. The molecule has 1 atom stereocenters. The number of hydrogen-bond donors (Lipinski definition) is 1. The smallest absolute Gasteiger partial charge is 0.264 e. The van der Waals surface area contributed by atoms with Gasteiger partial charge < -0.3 is 15.0 Å². The van der Waals surface area contributed by atoms with E-state index in [9.17, 15) is 18.0 Å². The van der Waals surface area contributed by atoms with Gasteiger partial charge in [0.05, 0.1) is 17.7 Å². The molecule has 0 bridgehead atoms. The van der Waals surface area contributed by atoms with Crippen molar-refractivity contribution in [2.24, 2.45) is 0 Å². The van der Waals surface area contributed by atoms with Gasteiger partial charge in [0, 0.05) is 13.1 Å². The van der Waals surface area contributed by atoms with Crippen LogP contribution < -0.4 is 14.4 Å². The Bertz CT molecular complexity index is 1380. The number of amides is 2. The van der Waals surface area contributed by atoms with Gasteiger partial charge in [0.2, 0.25) is 11.8 Å². The second-order valence-electron chi connectivity index (χ2n) is 9.08. The lowest BCUT2D eigenvalue weighted by Gasteiger charge is -2.32. The minimum absolute atomic E-state index is 0.0402. The zero-order valence-electron chi connectivity index (χ0n) is 22.5. The fourth-order valence-electron chi connectivity index (χ4n) is 4.14. The van der Waals surface area contributed by atoms with Gasteiger partial charge in [-0.15, -0.1) is 0 Å². The number of methoxy groups -OCH3 is 1. The number of carbonyl (C=O) groups excluding carboxylic acids is 2. The number of sulfonamides is 1. The number of aryl methyl sites for hydroxylation is 2. The van der Waals surface area contributed by atoms with Crippen molar-refractivity contribution in [1.29, 1.82) is 0 Å². The highest BCUT2D eigenvalue weighted by Gasteiger charge is 2.33. The number of carbonyl (C=O) groups is 2. The highest BCUT2D eigenvalue weighted by molar-refractivity contribution is 7.92. The second kappa shape index (κ2) is 12.6. The lowest BCUT2D eigenvalue weighted by molar-refractivity contribution is -0.139. The average Bonchev–Trinajstić information content (AvgIpc) is 2.90. The minimum Gasteiger partial charge on any atom is -0.495 e. The first-order valence-electron chi connectivity index (χ1n) is 12.4. The SMILES string of the molecule is CCNC(=O)[C@@H](C)N(Cc1cccc(C)c1)C(=O)CN(c1cc(C)ccc1OC)S(=O)(=O)c1ccccc1. The first-order valence-corrected chi connectivity index (χ1v) is 13.9. The predicted molar refractivity (Wildman–Crippen MR) is 149 cm³/mol. The number of anilines is 1. The lowest BCUT2D eigenvalue weighted by Crippen LogP contribution is -2.51. The number of nitrogens with one attached hydrogen (secondary N) is 1. The molecule has 3 rings (SSSR count). The summed E-state index contributed by atoms with van der Waals surface area (Å²) in [6.45, 7) is 7.25. The van der Waals surface area contributed by atoms with Crippen LogP contribution in [0.15, 0.2) is 77.7 Å².